The number of carbonyl (C=O) groups is 2. The second-order valence-electron chi connectivity index (χ2n) is 9.02. The maximum atomic E-state index is 13.4. The number of aliphatic hydroxyl groups excluding tert-OH is 1. The van der Waals surface area contributed by atoms with Gasteiger partial charge in [0.1, 0.15) is 18.0 Å². The fourth-order valence-electron chi connectivity index (χ4n) is 4.35. The highest BCUT2D eigenvalue weighted by molar-refractivity contribution is 6.32. The van der Waals surface area contributed by atoms with Crippen LogP contribution >= 0.6 is 11.6 Å². The van der Waals surface area contributed by atoms with Gasteiger partial charge in [-0.1, -0.05) is 54.1 Å². The van der Waals surface area contributed by atoms with Crippen LogP contribution in [0.25, 0.3) is 10.9 Å². The van der Waals surface area contributed by atoms with E-state index in [-0.39, 0.29) is 34.5 Å². The molecule has 0 radical (unpaired) electrons. The van der Waals surface area contributed by atoms with Crippen molar-refractivity contribution in [3.05, 3.63) is 98.2 Å². The van der Waals surface area contributed by atoms with Gasteiger partial charge >= 0.3 is 5.69 Å². The first kappa shape index (κ1) is 28.6. The normalized spacial score (nSPS) is 11.7. The van der Waals surface area contributed by atoms with E-state index in [1.54, 1.807) is 42.5 Å². The van der Waals surface area contributed by atoms with Crippen LogP contribution in [-0.2, 0) is 22.7 Å². The number of rotatable bonds is 11. The lowest BCUT2D eigenvalue weighted by molar-refractivity contribution is -0.120. The molecule has 1 aromatic heterocycles. The summed E-state index contributed by atoms with van der Waals surface area (Å²) in [5.74, 6) is -0.348. The van der Waals surface area contributed by atoms with Crippen LogP contribution in [0, 0.1) is 0 Å². The second kappa shape index (κ2) is 12.6. The van der Waals surface area contributed by atoms with Crippen molar-refractivity contribution in [2.45, 2.75) is 32.0 Å². The Balaban J connectivity index is 1.59. The minimum Gasteiger partial charge on any atom is -0.495 e. The highest BCUT2D eigenvalue weighted by Gasteiger charge is 2.19. The number of nitrogens with zero attached hydrogens (tertiary/aromatic N) is 2. The van der Waals surface area contributed by atoms with Crippen LogP contribution in [-0.4, -0.2) is 40.2 Å². The number of amides is 1. The predicted octanol–water partition coefficient (Wildman–Crippen LogP) is 3.56. The topological polar surface area (TPSA) is 129 Å². The summed E-state index contributed by atoms with van der Waals surface area (Å²) in [5.41, 5.74) is -0.276. The molecule has 0 aliphatic carbocycles. The maximum Gasteiger partial charge on any atom is 0.332 e. The number of Topliss-reactive ketones (excluding diaryl/α,β-unsaturated/α-hetero) is 1. The Bertz CT molecular complexity index is 1660. The van der Waals surface area contributed by atoms with E-state index in [1.165, 1.54) is 32.4 Å². The number of ketones is 1. The van der Waals surface area contributed by atoms with Gasteiger partial charge in [-0.05, 0) is 30.2 Å². The van der Waals surface area contributed by atoms with Gasteiger partial charge in [0.15, 0.2) is 5.78 Å². The molecule has 0 aliphatic heterocycles. The summed E-state index contributed by atoms with van der Waals surface area (Å²) < 4.78 is 12.4. The van der Waals surface area contributed by atoms with Gasteiger partial charge in [-0.2, -0.15) is 0 Å². The Morgan fingerprint density at radius 1 is 0.925 bits per heavy atom. The molecule has 0 fully saturated rings. The van der Waals surface area contributed by atoms with Crippen molar-refractivity contribution in [1.82, 2.24) is 9.13 Å². The molecule has 40 heavy (non-hydrogen) atoms. The minimum absolute atomic E-state index is 0.0483. The second-order valence-corrected chi connectivity index (χ2v) is 9.42. The fraction of sp³-hybridized carbons (Fsp3) is 0.241. The predicted molar refractivity (Wildman–Crippen MR) is 151 cm³/mol. The Morgan fingerprint density at radius 3 is 2.30 bits per heavy atom. The summed E-state index contributed by atoms with van der Waals surface area (Å²) in [6.45, 7) is -0.944. The van der Waals surface area contributed by atoms with Crippen molar-refractivity contribution >= 4 is 39.9 Å². The highest BCUT2D eigenvalue weighted by Crippen LogP contribution is 2.35. The summed E-state index contributed by atoms with van der Waals surface area (Å²) >= 11 is 6.20. The van der Waals surface area contributed by atoms with Crippen molar-refractivity contribution in [3.63, 3.8) is 0 Å². The van der Waals surface area contributed by atoms with Crippen molar-refractivity contribution < 1.29 is 24.2 Å². The van der Waals surface area contributed by atoms with Crippen LogP contribution in [0.1, 0.15) is 24.5 Å². The van der Waals surface area contributed by atoms with Crippen LogP contribution in [0.15, 0.2) is 76.3 Å². The molecule has 0 bridgehead atoms. The molecule has 2 N–H and O–H groups in total. The molecule has 208 valence electrons. The standard InChI is InChI=1S/C29H28ClN3O7/c1-39-25-15-26(40-2)22(14-21(25)30)31-27(36)17-32-23-11-7-6-10-20(23)28(37)33(29(32)38)16-19(34)12-13-24(35)18-8-4-3-5-9-18/h3-11,14-15,24,35H,12-13,16-17H2,1-2H3,(H,31,36)/t24-/m1/s1. The van der Waals surface area contributed by atoms with E-state index in [4.69, 9.17) is 21.1 Å². The van der Waals surface area contributed by atoms with Gasteiger partial charge in [0.05, 0.1) is 48.5 Å². The van der Waals surface area contributed by atoms with E-state index in [9.17, 15) is 24.3 Å². The van der Waals surface area contributed by atoms with E-state index in [1.807, 2.05) is 6.07 Å². The van der Waals surface area contributed by atoms with Crippen molar-refractivity contribution in [1.29, 1.82) is 0 Å². The smallest absolute Gasteiger partial charge is 0.332 e. The van der Waals surface area contributed by atoms with Gasteiger partial charge in [0, 0.05) is 12.5 Å². The number of hydrogen-bond acceptors (Lipinski definition) is 7. The number of fused-ring (bicyclic) bond motifs is 1. The molecule has 10 nitrogen and oxygen atoms in total. The zero-order chi connectivity index (χ0) is 28.8. The number of anilines is 1. The number of para-hydroxylation sites is 1. The van der Waals surface area contributed by atoms with Crippen LogP contribution in [0.2, 0.25) is 5.02 Å². The fourth-order valence-corrected chi connectivity index (χ4v) is 4.59. The summed E-state index contributed by atoms with van der Waals surface area (Å²) in [5, 5.41) is 13.5. The van der Waals surface area contributed by atoms with Gasteiger partial charge in [0.25, 0.3) is 5.56 Å². The molecule has 0 unspecified atom stereocenters. The third kappa shape index (κ3) is 6.24. The number of methoxy groups -OCH3 is 2. The zero-order valence-electron chi connectivity index (χ0n) is 21.9. The number of halogens is 1. The average Bonchev–Trinajstić information content (AvgIpc) is 2.96. The molecule has 1 heterocycles. The molecule has 3 aromatic carbocycles. The van der Waals surface area contributed by atoms with Crippen LogP contribution in [0.3, 0.4) is 0 Å². The number of aliphatic hydroxyl groups is 1. The minimum atomic E-state index is -0.859. The molecule has 11 heteroatoms. The molecule has 0 aliphatic rings. The Hall–Kier alpha value is -4.41. The summed E-state index contributed by atoms with van der Waals surface area (Å²) in [6.07, 6.45) is -0.774. The SMILES string of the molecule is COc1cc(OC)c(NC(=O)Cn2c(=O)n(CC(=O)CC[C@@H](O)c3ccccc3)c(=O)c3ccccc32)cc1Cl. The van der Waals surface area contributed by atoms with E-state index < -0.39 is 42.1 Å². The summed E-state index contributed by atoms with van der Waals surface area (Å²) in [4.78, 5) is 52.4. The van der Waals surface area contributed by atoms with Crippen LogP contribution in [0.5, 0.6) is 11.5 Å². The van der Waals surface area contributed by atoms with Gasteiger partial charge in [0.2, 0.25) is 5.91 Å². The van der Waals surface area contributed by atoms with Crippen molar-refractivity contribution in [2.75, 3.05) is 19.5 Å². The third-order valence-corrected chi connectivity index (χ3v) is 6.69. The first-order valence-corrected chi connectivity index (χ1v) is 12.8. The van der Waals surface area contributed by atoms with Crippen LogP contribution in [0.4, 0.5) is 5.69 Å². The molecular weight excluding hydrogens is 538 g/mol. The summed E-state index contributed by atoms with van der Waals surface area (Å²) in [7, 11) is 2.86. The largest absolute Gasteiger partial charge is 0.495 e. The molecule has 1 atom stereocenters. The Labute approximate surface area is 234 Å². The van der Waals surface area contributed by atoms with Crippen molar-refractivity contribution in [3.8, 4) is 11.5 Å². The number of carbonyl (C=O) groups excluding carboxylic acids is 2. The average molecular weight is 566 g/mol. The number of nitrogens with one attached hydrogen (secondary N) is 1. The van der Waals surface area contributed by atoms with Crippen molar-refractivity contribution in [2.24, 2.45) is 0 Å². The highest BCUT2D eigenvalue weighted by atomic mass is 35.5. The van der Waals surface area contributed by atoms with Gasteiger partial charge in [-0.15, -0.1) is 0 Å². The molecule has 0 saturated carbocycles. The van der Waals surface area contributed by atoms with Gasteiger partial charge < -0.3 is 19.9 Å². The van der Waals surface area contributed by atoms with E-state index in [0.717, 1.165) is 9.13 Å². The molecule has 0 saturated heterocycles. The maximum absolute atomic E-state index is 13.4. The number of benzene rings is 3. The van der Waals surface area contributed by atoms with E-state index in [0.29, 0.717) is 17.1 Å². The lowest BCUT2D eigenvalue weighted by Gasteiger charge is -2.16. The van der Waals surface area contributed by atoms with Crippen LogP contribution < -0.4 is 26.0 Å². The monoisotopic (exact) mass is 565 g/mol. The van der Waals surface area contributed by atoms with Gasteiger partial charge in [-0.3, -0.25) is 23.5 Å². The number of aromatic nitrogens is 2. The van der Waals surface area contributed by atoms with E-state index in [2.05, 4.69) is 5.32 Å². The van der Waals surface area contributed by atoms with Gasteiger partial charge in [-0.25, -0.2) is 4.79 Å². The van der Waals surface area contributed by atoms with E-state index >= 15 is 0 Å². The molecule has 0 spiro atoms. The molecule has 4 rings (SSSR count). The first-order valence-electron chi connectivity index (χ1n) is 12.4. The zero-order valence-corrected chi connectivity index (χ0v) is 22.7. The first-order chi connectivity index (χ1) is 19.2. The quantitative estimate of drug-likeness (QED) is 0.284. The molecule has 1 amide bonds. The third-order valence-electron chi connectivity index (χ3n) is 6.40. The number of hydrogen-bond donors (Lipinski definition) is 2. The Kier molecular flexibility index (Phi) is 9.03. The number of ether oxygens (including phenoxy) is 2. The molecule has 4 aromatic rings. The summed E-state index contributed by atoms with van der Waals surface area (Å²) in [6, 6.07) is 18.2. The molecular formula is C29H28ClN3O7. The Morgan fingerprint density at radius 2 is 1.60 bits per heavy atom. The lowest BCUT2D eigenvalue weighted by atomic mass is 10.0. The lowest BCUT2D eigenvalue weighted by Crippen LogP contribution is -2.43.